The fourth-order valence-corrected chi connectivity index (χ4v) is 13.0. The molecule has 0 unspecified atom stereocenters. The third-order valence-electron chi connectivity index (χ3n) is 16.5. The van der Waals surface area contributed by atoms with Crippen LogP contribution in [0.15, 0.2) is 249 Å². The van der Waals surface area contributed by atoms with E-state index in [1.807, 2.05) is 18.2 Å². The Kier molecular flexibility index (Phi) is 11.5. The lowest BCUT2D eigenvalue weighted by Gasteiger charge is -2.32. The lowest BCUT2D eigenvalue weighted by molar-refractivity contribution is 0.0893. The number of carbonyl (C=O) groups is 2. The van der Waals surface area contributed by atoms with E-state index in [9.17, 15) is 9.59 Å². The molecule has 0 saturated heterocycles. The van der Waals surface area contributed by atoms with Crippen LogP contribution in [-0.4, -0.2) is 11.8 Å². The number of imide groups is 1. The molecule has 3 nitrogen and oxygen atoms in total. The van der Waals surface area contributed by atoms with Gasteiger partial charge in [-0.3, -0.25) is 9.59 Å². The van der Waals surface area contributed by atoms with Gasteiger partial charge >= 0.3 is 0 Å². The molecule has 2 amide bonds. The summed E-state index contributed by atoms with van der Waals surface area (Å²) < 4.78 is 0. The summed E-state index contributed by atoms with van der Waals surface area (Å²) in [5.41, 5.74) is 20.0. The SMILES string of the molecule is CC(C)c1cccc(C(C)C)c1N1C(=O)c2ccc3c4cccc5c(-c6ccc(-c7c(-c8ccccc8)c(-c8ccccc8)c(-c8ccccc8)c(-c8ccccc8)c7-c7ccccc7)cc6)ccc(c6ccc(c2c36)C1=O)c54. The summed E-state index contributed by atoms with van der Waals surface area (Å²) in [4.78, 5) is 31.4. The first-order valence-corrected chi connectivity index (χ1v) is 27.6. The van der Waals surface area contributed by atoms with Gasteiger partial charge < -0.3 is 0 Å². The minimum absolute atomic E-state index is 0.115. The molecule has 1 aliphatic heterocycles. The lowest BCUT2D eigenvalue weighted by atomic mass is 9.74. The Morgan fingerprint density at radius 1 is 0.253 bits per heavy atom. The average Bonchev–Trinajstić information content (AvgIpc) is 3.07. The summed E-state index contributed by atoms with van der Waals surface area (Å²) in [6.45, 7) is 8.49. The van der Waals surface area contributed by atoms with E-state index in [4.69, 9.17) is 0 Å². The van der Waals surface area contributed by atoms with Crippen molar-refractivity contribution < 1.29 is 9.59 Å². The number of carbonyl (C=O) groups excluding carboxylic acids is 2. The first-order valence-electron chi connectivity index (χ1n) is 27.6. The van der Waals surface area contributed by atoms with Gasteiger partial charge in [-0.15, -0.1) is 0 Å². The second-order valence-corrected chi connectivity index (χ2v) is 21.7. The highest BCUT2D eigenvalue weighted by Crippen LogP contribution is 2.56. The molecule has 0 saturated carbocycles. The van der Waals surface area contributed by atoms with Crippen LogP contribution in [0.3, 0.4) is 0 Å². The lowest BCUT2D eigenvalue weighted by Crippen LogP contribution is -2.41. The predicted molar refractivity (Wildman–Crippen MR) is 331 cm³/mol. The molecule has 14 rings (SSSR count). The molecule has 1 aliphatic rings. The van der Waals surface area contributed by atoms with Gasteiger partial charge in [-0.2, -0.15) is 0 Å². The van der Waals surface area contributed by atoms with Crippen molar-refractivity contribution in [1.82, 2.24) is 0 Å². The minimum Gasteiger partial charge on any atom is -0.268 e. The molecule has 0 spiro atoms. The van der Waals surface area contributed by atoms with Crippen molar-refractivity contribution >= 4 is 60.6 Å². The number of hydrogen-bond acceptors (Lipinski definition) is 2. The molecule has 13 aromatic carbocycles. The molecule has 0 atom stereocenters. The van der Waals surface area contributed by atoms with Crippen LogP contribution in [0.25, 0.3) is 121 Å². The van der Waals surface area contributed by atoms with Crippen LogP contribution >= 0.6 is 0 Å². The number of rotatable bonds is 10. The highest BCUT2D eigenvalue weighted by atomic mass is 16.2. The zero-order valence-electron chi connectivity index (χ0n) is 44.6. The smallest absolute Gasteiger partial charge is 0.266 e. The van der Waals surface area contributed by atoms with Crippen molar-refractivity contribution in [1.29, 1.82) is 0 Å². The molecule has 0 radical (unpaired) electrons. The van der Waals surface area contributed by atoms with E-state index in [1.165, 1.54) is 38.3 Å². The molecule has 0 bridgehead atoms. The molecular formula is C76H55NO2. The van der Waals surface area contributed by atoms with Crippen LogP contribution in [0, 0.1) is 0 Å². The van der Waals surface area contributed by atoms with Crippen LogP contribution in [-0.2, 0) is 0 Å². The first kappa shape index (κ1) is 47.7. The van der Waals surface area contributed by atoms with Gasteiger partial charge in [0.2, 0.25) is 0 Å². The molecule has 0 aromatic heterocycles. The van der Waals surface area contributed by atoms with Gasteiger partial charge in [0.25, 0.3) is 11.8 Å². The number of nitrogens with zero attached hydrogens (tertiary/aromatic N) is 1. The monoisotopic (exact) mass is 1010 g/mol. The predicted octanol–water partition coefficient (Wildman–Crippen LogP) is 20.5. The summed E-state index contributed by atoms with van der Waals surface area (Å²) in [7, 11) is 0. The van der Waals surface area contributed by atoms with Crippen LogP contribution in [0.1, 0.15) is 71.4 Å². The summed E-state index contributed by atoms with van der Waals surface area (Å²) in [6, 6.07) is 89.2. The molecular weight excluding hydrogens is 959 g/mol. The topological polar surface area (TPSA) is 37.4 Å². The Morgan fingerprint density at radius 2 is 0.557 bits per heavy atom. The van der Waals surface area contributed by atoms with Gasteiger partial charge in [0.1, 0.15) is 0 Å². The summed E-state index contributed by atoms with van der Waals surface area (Å²) >= 11 is 0. The van der Waals surface area contributed by atoms with E-state index in [1.54, 1.807) is 0 Å². The van der Waals surface area contributed by atoms with E-state index in [-0.39, 0.29) is 23.7 Å². The number of para-hydroxylation sites is 1. The summed E-state index contributed by atoms with van der Waals surface area (Å²) in [5, 5.41) is 8.26. The Hall–Kier alpha value is -9.70. The van der Waals surface area contributed by atoms with E-state index in [0.29, 0.717) is 11.1 Å². The number of anilines is 1. The Balaban J connectivity index is 0.981. The van der Waals surface area contributed by atoms with Crippen molar-refractivity contribution in [2.24, 2.45) is 0 Å². The van der Waals surface area contributed by atoms with Crippen LogP contribution in [0.5, 0.6) is 0 Å². The quantitative estimate of drug-likeness (QED) is 0.0778. The fourth-order valence-electron chi connectivity index (χ4n) is 13.0. The van der Waals surface area contributed by atoms with E-state index in [2.05, 4.69) is 258 Å². The van der Waals surface area contributed by atoms with Gasteiger partial charge in [-0.25, -0.2) is 4.90 Å². The largest absolute Gasteiger partial charge is 0.268 e. The van der Waals surface area contributed by atoms with Crippen molar-refractivity contribution in [3.63, 3.8) is 0 Å². The third kappa shape index (κ3) is 7.56. The summed E-state index contributed by atoms with van der Waals surface area (Å²) in [6.07, 6.45) is 0. The Labute approximate surface area is 461 Å². The number of amides is 2. The Morgan fingerprint density at radius 3 is 0.937 bits per heavy atom. The third-order valence-corrected chi connectivity index (χ3v) is 16.5. The van der Waals surface area contributed by atoms with Crippen molar-refractivity contribution in [3.8, 4) is 77.9 Å². The highest BCUT2D eigenvalue weighted by Gasteiger charge is 2.38. The average molecular weight is 1010 g/mol. The molecule has 1 heterocycles. The molecule has 0 N–H and O–H groups in total. The molecule has 376 valence electrons. The minimum atomic E-state index is -0.273. The Bertz CT molecular complexity index is 4330. The van der Waals surface area contributed by atoms with Crippen molar-refractivity contribution in [2.45, 2.75) is 39.5 Å². The molecule has 79 heavy (non-hydrogen) atoms. The van der Waals surface area contributed by atoms with E-state index < -0.39 is 0 Å². The molecule has 0 fully saturated rings. The first-order chi connectivity index (χ1) is 38.8. The normalized spacial score (nSPS) is 12.6. The summed E-state index contributed by atoms with van der Waals surface area (Å²) in [5.74, 6) is -0.314. The number of hydrogen-bond donors (Lipinski definition) is 0. The highest BCUT2D eigenvalue weighted by molar-refractivity contribution is 6.42. The zero-order valence-corrected chi connectivity index (χ0v) is 44.6. The maximum atomic E-state index is 15.0. The maximum absolute atomic E-state index is 15.0. The van der Waals surface area contributed by atoms with Crippen molar-refractivity contribution in [2.75, 3.05) is 4.90 Å². The maximum Gasteiger partial charge on any atom is 0.266 e. The molecule has 0 aliphatic carbocycles. The van der Waals surface area contributed by atoms with Gasteiger partial charge in [-0.1, -0.05) is 264 Å². The second-order valence-electron chi connectivity index (χ2n) is 21.7. The van der Waals surface area contributed by atoms with Crippen molar-refractivity contribution in [3.05, 3.63) is 271 Å². The zero-order chi connectivity index (χ0) is 53.5. The molecule has 3 heteroatoms. The van der Waals surface area contributed by atoms with Crippen LogP contribution in [0.4, 0.5) is 5.69 Å². The van der Waals surface area contributed by atoms with Gasteiger partial charge in [0.15, 0.2) is 0 Å². The van der Waals surface area contributed by atoms with Gasteiger partial charge in [0, 0.05) is 16.5 Å². The number of fused-ring (bicyclic) bond motifs is 2. The standard InChI is InChI=1S/C76H55NO2/c1-46(2)55-32-20-33-56(47(3)4)74(55)77-75(78)63-44-42-61-59-35-21-34-58-57(40-41-60(71(58)59)62-43-45-64(76(77)79)73(63)72(61)62)48-36-38-54(39-37-48)70-68(52-28-16-8-17-29-52)66(50-24-12-6-13-25-50)65(49-22-10-5-11-23-49)67(51-26-14-7-15-27-51)69(70)53-30-18-9-19-31-53/h5-47H,1-4H3. The second kappa shape index (κ2) is 19.1. The van der Waals surface area contributed by atoms with E-state index >= 15 is 0 Å². The molecule has 13 aromatic rings. The fraction of sp³-hybridized carbons (Fsp3) is 0.0789. The van der Waals surface area contributed by atoms with Crippen LogP contribution in [0.2, 0.25) is 0 Å². The van der Waals surface area contributed by atoms with E-state index in [0.717, 1.165) is 104 Å². The van der Waals surface area contributed by atoms with Gasteiger partial charge in [0.05, 0.1) is 5.69 Å². The van der Waals surface area contributed by atoms with Crippen LogP contribution < -0.4 is 4.90 Å². The number of benzene rings is 13. The van der Waals surface area contributed by atoms with Gasteiger partial charge in [-0.05, 0) is 151 Å².